The third kappa shape index (κ3) is 6.33. The van der Waals surface area contributed by atoms with Crippen molar-refractivity contribution in [2.24, 2.45) is 0 Å². The fraction of sp³-hybridized carbons (Fsp3) is 0.286. The molecule has 6 nitrogen and oxygen atoms in total. The van der Waals surface area contributed by atoms with Crippen molar-refractivity contribution < 1.29 is 32.2 Å². The largest absolute Gasteiger partial charge is 0.573 e. The van der Waals surface area contributed by atoms with Gasteiger partial charge in [-0.3, -0.25) is 4.79 Å². The highest BCUT2D eigenvalue weighted by atomic mass is 32.1. The minimum absolute atomic E-state index is 0.379. The van der Waals surface area contributed by atoms with Gasteiger partial charge in [0, 0.05) is 11.0 Å². The summed E-state index contributed by atoms with van der Waals surface area (Å²) in [6.07, 6.45) is 1.36. The van der Waals surface area contributed by atoms with Crippen LogP contribution in [0.1, 0.15) is 34.4 Å². The first-order chi connectivity index (χ1) is 14.7. The number of thiophene rings is 1. The molecule has 1 aliphatic carbocycles. The summed E-state index contributed by atoms with van der Waals surface area (Å²) < 4.78 is 45.1. The van der Waals surface area contributed by atoms with Crippen LogP contribution >= 0.6 is 11.3 Å². The highest BCUT2D eigenvalue weighted by Crippen LogP contribution is 2.37. The van der Waals surface area contributed by atoms with Crippen molar-refractivity contribution in [3.05, 3.63) is 51.9 Å². The smallest absolute Gasteiger partial charge is 0.452 e. The minimum Gasteiger partial charge on any atom is -0.452 e. The van der Waals surface area contributed by atoms with Crippen LogP contribution in [0.3, 0.4) is 0 Å². The molecular formula is C21H17F3N2O4S. The molecular weight excluding hydrogens is 433 g/mol. The van der Waals surface area contributed by atoms with Gasteiger partial charge in [-0.25, -0.2) is 4.79 Å². The van der Waals surface area contributed by atoms with Crippen LogP contribution in [0.25, 0.3) is 6.08 Å². The minimum atomic E-state index is -4.78. The Balaban J connectivity index is 1.50. The molecule has 162 valence electrons. The SMILES string of the molecule is N#Cc1c(NC(=O)COC(=O)/C=C/c2ccc(OC(F)(F)F)cc2)sc2c1CCCC2. The number of alkyl halides is 3. The Bertz CT molecular complexity index is 1040. The fourth-order valence-corrected chi connectivity index (χ4v) is 4.32. The first-order valence-corrected chi connectivity index (χ1v) is 10.1. The highest BCUT2D eigenvalue weighted by Gasteiger charge is 2.30. The van der Waals surface area contributed by atoms with Gasteiger partial charge in [0.15, 0.2) is 6.61 Å². The Labute approximate surface area is 179 Å². The maximum Gasteiger partial charge on any atom is 0.573 e. The Kier molecular flexibility index (Phi) is 6.97. The van der Waals surface area contributed by atoms with Gasteiger partial charge < -0.3 is 14.8 Å². The van der Waals surface area contributed by atoms with E-state index in [1.54, 1.807) is 0 Å². The summed E-state index contributed by atoms with van der Waals surface area (Å²) in [5.41, 5.74) is 1.90. The van der Waals surface area contributed by atoms with Gasteiger partial charge in [-0.1, -0.05) is 12.1 Å². The average molecular weight is 450 g/mol. The molecule has 2 aromatic rings. The van der Waals surface area contributed by atoms with Crippen molar-refractivity contribution >= 4 is 34.3 Å². The first kappa shape index (κ1) is 22.4. The number of hydrogen-bond donors (Lipinski definition) is 1. The fourth-order valence-electron chi connectivity index (χ4n) is 3.06. The molecule has 3 rings (SSSR count). The lowest BCUT2D eigenvalue weighted by atomic mass is 9.96. The molecule has 1 aromatic carbocycles. The maximum absolute atomic E-state index is 12.1. The van der Waals surface area contributed by atoms with E-state index in [9.17, 15) is 28.0 Å². The number of benzene rings is 1. The van der Waals surface area contributed by atoms with Crippen LogP contribution in [0.5, 0.6) is 5.75 Å². The summed E-state index contributed by atoms with van der Waals surface area (Å²) in [4.78, 5) is 25.0. The number of amides is 1. The summed E-state index contributed by atoms with van der Waals surface area (Å²) in [7, 11) is 0. The Morgan fingerprint density at radius 3 is 2.58 bits per heavy atom. The lowest BCUT2D eigenvalue weighted by Crippen LogP contribution is -2.20. The second-order valence-electron chi connectivity index (χ2n) is 6.63. The van der Waals surface area contributed by atoms with E-state index in [-0.39, 0.29) is 5.75 Å². The van der Waals surface area contributed by atoms with Crippen LogP contribution in [0, 0.1) is 11.3 Å². The van der Waals surface area contributed by atoms with Crippen molar-refractivity contribution in [1.29, 1.82) is 5.26 Å². The number of aryl methyl sites for hydroxylation is 1. The molecule has 0 saturated heterocycles. The number of ether oxygens (including phenoxy) is 2. The van der Waals surface area contributed by atoms with E-state index in [0.717, 1.165) is 54.3 Å². The van der Waals surface area contributed by atoms with E-state index in [2.05, 4.69) is 16.1 Å². The van der Waals surface area contributed by atoms with Gasteiger partial charge in [0.25, 0.3) is 5.91 Å². The second-order valence-corrected chi connectivity index (χ2v) is 7.74. The molecule has 0 atom stereocenters. The predicted molar refractivity (Wildman–Crippen MR) is 107 cm³/mol. The van der Waals surface area contributed by atoms with Gasteiger partial charge in [-0.15, -0.1) is 24.5 Å². The molecule has 31 heavy (non-hydrogen) atoms. The van der Waals surface area contributed by atoms with E-state index >= 15 is 0 Å². The molecule has 0 radical (unpaired) electrons. The molecule has 10 heteroatoms. The summed E-state index contributed by atoms with van der Waals surface area (Å²) in [6.45, 7) is -0.533. The van der Waals surface area contributed by atoms with Gasteiger partial charge >= 0.3 is 12.3 Å². The second kappa shape index (κ2) is 9.66. The Hall–Kier alpha value is -3.32. The number of nitrogens with one attached hydrogen (secondary N) is 1. The molecule has 1 aliphatic rings. The number of nitrogens with zero attached hydrogens (tertiary/aromatic N) is 1. The van der Waals surface area contributed by atoms with Crippen LogP contribution in [-0.2, 0) is 27.2 Å². The van der Waals surface area contributed by atoms with Crippen molar-refractivity contribution in [3.63, 3.8) is 0 Å². The topological polar surface area (TPSA) is 88.4 Å². The van der Waals surface area contributed by atoms with Crippen molar-refractivity contribution in [3.8, 4) is 11.8 Å². The number of esters is 1. The van der Waals surface area contributed by atoms with E-state index in [1.807, 2.05) is 0 Å². The zero-order valence-corrected chi connectivity index (χ0v) is 16.9. The molecule has 0 saturated carbocycles. The molecule has 1 amide bonds. The molecule has 1 N–H and O–H groups in total. The third-order valence-electron chi connectivity index (χ3n) is 4.41. The number of halogens is 3. The average Bonchev–Trinajstić information content (AvgIpc) is 3.07. The van der Waals surface area contributed by atoms with E-state index in [0.29, 0.717) is 16.1 Å². The molecule has 0 bridgehead atoms. The molecule has 0 fully saturated rings. The Morgan fingerprint density at radius 2 is 1.90 bits per heavy atom. The number of carbonyl (C=O) groups excluding carboxylic acids is 2. The van der Waals surface area contributed by atoms with E-state index in [4.69, 9.17) is 4.74 Å². The normalized spacial score (nSPS) is 13.4. The van der Waals surface area contributed by atoms with Crippen molar-refractivity contribution in [2.45, 2.75) is 32.0 Å². The number of hydrogen-bond acceptors (Lipinski definition) is 6. The third-order valence-corrected chi connectivity index (χ3v) is 5.61. The molecule has 0 unspecified atom stereocenters. The van der Waals surface area contributed by atoms with Gasteiger partial charge in [-0.2, -0.15) is 5.26 Å². The number of nitriles is 1. The predicted octanol–water partition coefficient (Wildman–Crippen LogP) is 4.59. The zero-order chi connectivity index (χ0) is 22.4. The quantitative estimate of drug-likeness (QED) is 0.514. The lowest BCUT2D eigenvalue weighted by Gasteiger charge is -2.09. The summed E-state index contributed by atoms with van der Waals surface area (Å²) in [5.74, 6) is -1.74. The number of carbonyl (C=O) groups is 2. The number of anilines is 1. The van der Waals surface area contributed by atoms with Crippen LogP contribution in [0.4, 0.5) is 18.2 Å². The number of rotatable bonds is 6. The summed E-state index contributed by atoms with van der Waals surface area (Å²) in [5, 5.41) is 12.5. The number of fused-ring (bicyclic) bond motifs is 1. The molecule has 0 aliphatic heterocycles. The van der Waals surface area contributed by atoms with E-state index in [1.165, 1.54) is 29.5 Å². The van der Waals surface area contributed by atoms with Gasteiger partial charge in [-0.05, 0) is 55.0 Å². The monoisotopic (exact) mass is 450 g/mol. The standard InChI is InChI=1S/C21H17F3N2O4S/c22-21(23,24)30-14-8-5-13(6-9-14)7-10-19(28)29-12-18(27)26-20-16(11-25)15-3-1-2-4-17(15)31-20/h5-10H,1-4,12H2,(H,26,27)/b10-7+. The van der Waals surface area contributed by atoms with Gasteiger partial charge in [0.2, 0.25) is 0 Å². The molecule has 0 spiro atoms. The first-order valence-electron chi connectivity index (χ1n) is 9.30. The van der Waals surface area contributed by atoms with Crippen molar-refractivity contribution in [2.75, 3.05) is 11.9 Å². The van der Waals surface area contributed by atoms with Gasteiger partial charge in [0.05, 0.1) is 5.56 Å². The van der Waals surface area contributed by atoms with Crippen LogP contribution in [0.2, 0.25) is 0 Å². The molecule has 1 aromatic heterocycles. The highest BCUT2D eigenvalue weighted by molar-refractivity contribution is 7.16. The van der Waals surface area contributed by atoms with Crippen molar-refractivity contribution in [1.82, 2.24) is 0 Å². The summed E-state index contributed by atoms with van der Waals surface area (Å²) >= 11 is 1.37. The van der Waals surface area contributed by atoms with E-state index < -0.39 is 24.8 Å². The summed E-state index contributed by atoms with van der Waals surface area (Å²) in [6, 6.07) is 7.02. The van der Waals surface area contributed by atoms with Crippen LogP contribution in [-0.4, -0.2) is 24.8 Å². The van der Waals surface area contributed by atoms with Gasteiger partial charge in [0.1, 0.15) is 16.8 Å². The Morgan fingerprint density at radius 1 is 1.19 bits per heavy atom. The zero-order valence-electron chi connectivity index (χ0n) is 16.1. The lowest BCUT2D eigenvalue weighted by molar-refractivity contribution is -0.274. The van der Waals surface area contributed by atoms with Crippen LogP contribution in [0.15, 0.2) is 30.3 Å². The molecule has 1 heterocycles. The maximum atomic E-state index is 12.1. The van der Waals surface area contributed by atoms with Crippen LogP contribution < -0.4 is 10.1 Å².